The number of benzene rings is 2. The Balaban J connectivity index is 1.86. The van der Waals surface area contributed by atoms with Gasteiger partial charge in [-0.05, 0) is 12.1 Å². The minimum atomic E-state index is -2.99. The highest BCUT2D eigenvalue weighted by Gasteiger charge is 2.32. The first-order chi connectivity index (χ1) is 13.0. The average molecular weight is 382 g/mol. The number of fused-ring (bicyclic) bond motifs is 2. The minimum Gasteiger partial charge on any atom is -0.507 e. The lowest BCUT2D eigenvalue weighted by Crippen LogP contribution is -2.52. The van der Waals surface area contributed by atoms with Crippen LogP contribution in [0.3, 0.4) is 0 Å². The summed E-state index contributed by atoms with van der Waals surface area (Å²) in [5, 5.41) is 13.3. The maximum absolute atomic E-state index is 15.2. The molecular weight excluding hydrogens is 364 g/mol. The number of phenols is 1. The standard InChI is InChI=1S/C19H18F4N2O2/c20-13-6-10-8-25-5-4-24-7-11(25)9-27-18(10)17(21)16(13)15-12(19(22)23)2-1-3-14(15)26/h1-3,6,11,19,24,26H,4-5,7-9H2/t11-/m1/s1. The molecule has 2 aromatic rings. The van der Waals surface area contributed by atoms with Gasteiger partial charge in [-0.15, -0.1) is 0 Å². The fraction of sp³-hybridized carbons (Fsp3) is 0.368. The Morgan fingerprint density at radius 1 is 1.22 bits per heavy atom. The maximum atomic E-state index is 15.2. The Bertz CT molecular complexity index is 875. The second kappa shape index (κ2) is 7.01. The fourth-order valence-corrected chi connectivity index (χ4v) is 3.74. The summed E-state index contributed by atoms with van der Waals surface area (Å²) in [6, 6.07) is 4.50. The summed E-state index contributed by atoms with van der Waals surface area (Å²) >= 11 is 0. The summed E-state index contributed by atoms with van der Waals surface area (Å²) in [5.41, 5.74) is -1.55. The number of alkyl halides is 2. The zero-order valence-corrected chi connectivity index (χ0v) is 14.3. The lowest BCUT2D eigenvalue weighted by atomic mass is 9.95. The number of nitrogens with zero attached hydrogens (tertiary/aromatic N) is 1. The number of rotatable bonds is 2. The molecule has 2 aliphatic heterocycles. The number of aromatic hydroxyl groups is 1. The van der Waals surface area contributed by atoms with E-state index >= 15 is 4.39 Å². The number of hydrogen-bond acceptors (Lipinski definition) is 4. The largest absolute Gasteiger partial charge is 0.507 e. The number of piperazine rings is 1. The Labute approximate surface area is 153 Å². The van der Waals surface area contributed by atoms with Crippen LogP contribution in [0.15, 0.2) is 24.3 Å². The molecule has 0 saturated carbocycles. The molecule has 0 aromatic heterocycles. The number of halogens is 4. The lowest BCUT2D eigenvalue weighted by molar-refractivity contribution is 0.119. The molecule has 1 fully saturated rings. The Morgan fingerprint density at radius 3 is 2.81 bits per heavy atom. The molecule has 4 rings (SSSR count). The van der Waals surface area contributed by atoms with E-state index in [0.717, 1.165) is 24.7 Å². The van der Waals surface area contributed by atoms with Gasteiger partial charge in [0.1, 0.15) is 18.2 Å². The number of ether oxygens (including phenoxy) is 1. The minimum absolute atomic E-state index is 0.0128. The molecule has 2 N–H and O–H groups in total. The van der Waals surface area contributed by atoms with Gasteiger partial charge in [0.25, 0.3) is 6.43 Å². The maximum Gasteiger partial charge on any atom is 0.264 e. The molecule has 0 bridgehead atoms. The summed E-state index contributed by atoms with van der Waals surface area (Å²) in [7, 11) is 0. The van der Waals surface area contributed by atoms with E-state index in [9.17, 15) is 18.3 Å². The van der Waals surface area contributed by atoms with E-state index < -0.39 is 40.5 Å². The summed E-state index contributed by atoms with van der Waals surface area (Å²) in [6.45, 7) is 2.65. The van der Waals surface area contributed by atoms with Crippen LogP contribution in [0.5, 0.6) is 11.5 Å². The van der Waals surface area contributed by atoms with Gasteiger partial charge in [0.05, 0.1) is 11.6 Å². The zero-order valence-electron chi connectivity index (χ0n) is 14.3. The molecule has 0 unspecified atom stereocenters. The molecule has 0 radical (unpaired) electrons. The van der Waals surface area contributed by atoms with Crippen molar-refractivity contribution in [2.24, 2.45) is 0 Å². The van der Waals surface area contributed by atoms with Crippen LogP contribution < -0.4 is 10.1 Å². The first-order valence-corrected chi connectivity index (χ1v) is 8.66. The van der Waals surface area contributed by atoms with Gasteiger partial charge in [-0.1, -0.05) is 12.1 Å². The van der Waals surface area contributed by atoms with Crippen LogP contribution in [-0.2, 0) is 6.54 Å². The third-order valence-corrected chi connectivity index (χ3v) is 5.08. The van der Waals surface area contributed by atoms with Gasteiger partial charge in [0.2, 0.25) is 0 Å². The van der Waals surface area contributed by atoms with Gasteiger partial charge in [-0.2, -0.15) is 0 Å². The summed E-state index contributed by atoms with van der Waals surface area (Å²) < 4.78 is 62.4. The van der Waals surface area contributed by atoms with E-state index in [1.165, 1.54) is 6.07 Å². The number of phenolic OH excluding ortho intramolecular Hbond substituents is 1. The van der Waals surface area contributed by atoms with E-state index in [1.807, 2.05) is 0 Å². The van der Waals surface area contributed by atoms with Crippen molar-refractivity contribution in [1.82, 2.24) is 10.2 Å². The topological polar surface area (TPSA) is 44.7 Å². The Morgan fingerprint density at radius 2 is 2.04 bits per heavy atom. The van der Waals surface area contributed by atoms with Crippen molar-refractivity contribution in [2.75, 3.05) is 26.2 Å². The highest BCUT2D eigenvalue weighted by atomic mass is 19.3. The van der Waals surface area contributed by atoms with Crippen LogP contribution >= 0.6 is 0 Å². The molecule has 1 saturated heterocycles. The van der Waals surface area contributed by atoms with E-state index in [2.05, 4.69) is 10.2 Å². The van der Waals surface area contributed by atoms with Gasteiger partial charge in [0.15, 0.2) is 11.6 Å². The van der Waals surface area contributed by atoms with Crippen LogP contribution in [0, 0.1) is 11.6 Å². The molecule has 0 spiro atoms. The molecule has 0 amide bonds. The second-order valence-corrected chi connectivity index (χ2v) is 6.72. The Hall–Kier alpha value is -2.32. The quantitative estimate of drug-likeness (QED) is 0.782. The van der Waals surface area contributed by atoms with Crippen molar-refractivity contribution >= 4 is 0 Å². The highest BCUT2D eigenvalue weighted by Crippen LogP contribution is 2.44. The highest BCUT2D eigenvalue weighted by molar-refractivity contribution is 5.76. The van der Waals surface area contributed by atoms with Crippen LogP contribution in [0.2, 0.25) is 0 Å². The predicted octanol–water partition coefficient (Wildman–Crippen LogP) is 3.44. The predicted molar refractivity (Wildman–Crippen MR) is 91.0 cm³/mol. The van der Waals surface area contributed by atoms with E-state index in [1.54, 1.807) is 0 Å². The van der Waals surface area contributed by atoms with Gasteiger partial charge in [0, 0.05) is 42.9 Å². The van der Waals surface area contributed by atoms with Crippen molar-refractivity contribution in [3.05, 3.63) is 47.0 Å². The molecule has 2 aliphatic rings. The van der Waals surface area contributed by atoms with E-state index in [4.69, 9.17) is 4.74 Å². The molecular formula is C19H18F4N2O2. The zero-order chi connectivity index (χ0) is 19.1. The van der Waals surface area contributed by atoms with Gasteiger partial charge in [-0.3, -0.25) is 4.90 Å². The molecule has 27 heavy (non-hydrogen) atoms. The second-order valence-electron chi connectivity index (χ2n) is 6.72. The molecule has 2 aromatic carbocycles. The summed E-state index contributed by atoms with van der Waals surface area (Å²) in [5.74, 6) is -2.84. The fourth-order valence-electron chi connectivity index (χ4n) is 3.74. The van der Waals surface area contributed by atoms with Crippen molar-refractivity contribution in [3.8, 4) is 22.6 Å². The lowest BCUT2D eigenvalue weighted by Gasteiger charge is -2.33. The van der Waals surface area contributed by atoms with Crippen LogP contribution in [0.25, 0.3) is 11.1 Å². The SMILES string of the molecule is Oc1cccc(C(F)F)c1-c1c(F)cc2c(c1F)OC[C@H]1CNCCN1C2. The number of nitrogens with one attached hydrogen (secondary N) is 1. The summed E-state index contributed by atoms with van der Waals surface area (Å²) in [4.78, 5) is 2.07. The van der Waals surface area contributed by atoms with E-state index in [-0.39, 0.29) is 18.4 Å². The average Bonchev–Trinajstić information content (AvgIpc) is 2.81. The molecule has 8 heteroatoms. The van der Waals surface area contributed by atoms with Crippen LogP contribution in [-0.4, -0.2) is 42.3 Å². The van der Waals surface area contributed by atoms with Crippen molar-refractivity contribution in [3.63, 3.8) is 0 Å². The summed E-state index contributed by atoms with van der Waals surface area (Å²) in [6.07, 6.45) is -2.99. The number of hydrogen-bond donors (Lipinski definition) is 2. The van der Waals surface area contributed by atoms with Crippen molar-refractivity contribution in [1.29, 1.82) is 0 Å². The molecule has 2 heterocycles. The molecule has 1 atom stereocenters. The van der Waals surface area contributed by atoms with Crippen molar-refractivity contribution < 1.29 is 27.4 Å². The molecule has 144 valence electrons. The third kappa shape index (κ3) is 3.12. The Kier molecular flexibility index (Phi) is 4.69. The van der Waals surface area contributed by atoms with E-state index in [0.29, 0.717) is 25.2 Å². The molecule has 4 nitrogen and oxygen atoms in total. The monoisotopic (exact) mass is 382 g/mol. The van der Waals surface area contributed by atoms with Crippen LogP contribution in [0.1, 0.15) is 17.6 Å². The normalized spacial score (nSPS) is 20.0. The molecule has 0 aliphatic carbocycles. The third-order valence-electron chi connectivity index (χ3n) is 5.08. The van der Waals surface area contributed by atoms with Gasteiger partial charge >= 0.3 is 0 Å². The van der Waals surface area contributed by atoms with Gasteiger partial charge < -0.3 is 15.2 Å². The smallest absolute Gasteiger partial charge is 0.264 e. The first kappa shape index (κ1) is 18.1. The van der Waals surface area contributed by atoms with Crippen LogP contribution in [0.4, 0.5) is 17.6 Å². The van der Waals surface area contributed by atoms with Gasteiger partial charge in [-0.25, -0.2) is 17.6 Å². The van der Waals surface area contributed by atoms with Crippen molar-refractivity contribution in [2.45, 2.75) is 19.0 Å². The first-order valence-electron chi connectivity index (χ1n) is 8.66.